The lowest BCUT2D eigenvalue weighted by Gasteiger charge is -2.13. The SMILES string of the molecule is COc1cc(C2(N=C=O)CC2)cc(Br)c1C. The average Bonchev–Trinajstić information content (AvgIpc) is 3.03. The minimum absolute atomic E-state index is 0.342. The summed E-state index contributed by atoms with van der Waals surface area (Å²) in [6, 6.07) is 3.96. The Morgan fingerprint density at radius 3 is 2.69 bits per heavy atom. The third kappa shape index (κ3) is 1.79. The summed E-state index contributed by atoms with van der Waals surface area (Å²) in [6.07, 6.45) is 3.47. The van der Waals surface area contributed by atoms with Crippen LogP contribution in [0, 0.1) is 6.92 Å². The van der Waals surface area contributed by atoms with Crippen LogP contribution in [0.5, 0.6) is 5.75 Å². The van der Waals surface area contributed by atoms with E-state index in [9.17, 15) is 4.79 Å². The van der Waals surface area contributed by atoms with Crippen molar-refractivity contribution in [2.24, 2.45) is 4.99 Å². The lowest BCUT2D eigenvalue weighted by Crippen LogP contribution is -2.03. The molecule has 3 nitrogen and oxygen atoms in total. The van der Waals surface area contributed by atoms with Crippen molar-refractivity contribution in [2.45, 2.75) is 25.3 Å². The van der Waals surface area contributed by atoms with Crippen LogP contribution in [-0.4, -0.2) is 13.2 Å². The van der Waals surface area contributed by atoms with Gasteiger partial charge in [0.1, 0.15) is 5.75 Å². The Bertz CT molecular complexity index is 474. The second-order valence-corrected chi connectivity index (χ2v) is 4.87. The monoisotopic (exact) mass is 281 g/mol. The molecule has 1 fully saturated rings. The Balaban J connectivity index is 2.51. The average molecular weight is 282 g/mol. The van der Waals surface area contributed by atoms with Gasteiger partial charge < -0.3 is 4.74 Å². The summed E-state index contributed by atoms with van der Waals surface area (Å²) >= 11 is 3.49. The number of nitrogens with zero attached hydrogens (tertiary/aromatic N) is 1. The number of hydrogen-bond acceptors (Lipinski definition) is 3. The van der Waals surface area contributed by atoms with Crippen LogP contribution in [0.15, 0.2) is 21.6 Å². The maximum absolute atomic E-state index is 10.4. The largest absolute Gasteiger partial charge is 0.496 e. The van der Waals surface area contributed by atoms with E-state index in [2.05, 4.69) is 20.9 Å². The van der Waals surface area contributed by atoms with Crippen molar-refractivity contribution in [1.82, 2.24) is 0 Å². The van der Waals surface area contributed by atoms with Crippen LogP contribution in [0.2, 0.25) is 0 Å². The molecule has 1 saturated carbocycles. The molecule has 0 saturated heterocycles. The molecule has 0 amide bonds. The third-order valence-electron chi connectivity index (χ3n) is 3.04. The predicted octanol–water partition coefficient (Wildman–Crippen LogP) is 3.09. The minimum Gasteiger partial charge on any atom is -0.496 e. The zero-order valence-electron chi connectivity index (χ0n) is 9.21. The topological polar surface area (TPSA) is 38.7 Å². The van der Waals surface area contributed by atoms with Gasteiger partial charge in [-0.25, -0.2) is 4.79 Å². The number of halogens is 1. The van der Waals surface area contributed by atoms with Crippen LogP contribution in [0.25, 0.3) is 0 Å². The number of carbonyl (C=O) groups excluding carboxylic acids is 1. The molecular weight excluding hydrogens is 270 g/mol. The van der Waals surface area contributed by atoms with E-state index in [4.69, 9.17) is 4.74 Å². The van der Waals surface area contributed by atoms with Crippen molar-refractivity contribution >= 4 is 22.0 Å². The van der Waals surface area contributed by atoms with E-state index in [1.807, 2.05) is 19.1 Å². The Morgan fingerprint density at radius 1 is 1.50 bits per heavy atom. The van der Waals surface area contributed by atoms with Crippen molar-refractivity contribution < 1.29 is 9.53 Å². The van der Waals surface area contributed by atoms with Crippen LogP contribution in [0.1, 0.15) is 24.0 Å². The van der Waals surface area contributed by atoms with Crippen molar-refractivity contribution in [3.8, 4) is 5.75 Å². The summed E-state index contributed by atoms with van der Waals surface area (Å²) in [6.45, 7) is 1.98. The molecule has 0 N–H and O–H groups in total. The summed E-state index contributed by atoms with van der Waals surface area (Å²) in [5.41, 5.74) is 1.73. The molecule has 0 aliphatic heterocycles. The van der Waals surface area contributed by atoms with Gasteiger partial charge in [0, 0.05) is 10.0 Å². The van der Waals surface area contributed by atoms with Gasteiger partial charge in [0.15, 0.2) is 0 Å². The van der Waals surface area contributed by atoms with Gasteiger partial charge >= 0.3 is 0 Å². The first kappa shape index (κ1) is 11.4. The lowest BCUT2D eigenvalue weighted by molar-refractivity contribution is 0.410. The molecule has 0 heterocycles. The fourth-order valence-corrected chi connectivity index (χ4v) is 2.25. The van der Waals surface area contributed by atoms with Crippen LogP contribution in [0.4, 0.5) is 0 Å². The quantitative estimate of drug-likeness (QED) is 0.631. The summed E-state index contributed by atoms with van der Waals surface area (Å²) in [4.78, 5) is 14.3. The molecule has 1 aliphatic rings. The van der Waals surface area contributed by atoms with Gasteiger partial charge in [0.25, 0.3) is 0 Å². The fraction of sp³-hybridized carbons (Fsp3) is 0.417. The lowest BCUT2D eigenvalue weighted by atomic mass is 10.0. The van der Waals surface area contributed by atoms with Gasteiger partial charge in [0.2, 0.25) is 6.08 Å². The van der Waals surface area contributed by atoms with E-state index >= 15 is 0 Å². The number of hydrogen-bond donors (Lipinski definition) is 0. The Morgan fingerprint density at radius 2 is 2.19 bits per heavy atom. The Kier molecular flexibility index (Phi) is 2.87. The number of benzene rings is 1. The number of methoxy groups -OCH3 is 1. The number of ether oxygens (including phenoxy) is 1. The number of rotatable bonds is 3. The van der Waals surface area contributed by atoms with Crippen LogP contribution in [-0.2, 0) is 10.3 Å². The summed E-state index contributed by atoms with van der Waals surface area (Å²) < 4.78 is 6.28. The van der Waals surface area contributed by atoms with E-state index in [0.29, 0.717) is 0 Å². The molecule has 0 radical (unpaired) electrons. The molecule has 0 bridgehead atoms. The first-order chi connectivity index (χ1) is 7.63. The molecule has 0 spiro atoms. The highest BCUT2D eigenvalue weighted by atomic mass is 79.9. The fourth-order valence-electron chi connectivity index (χ4n) is 1.81. The second kappa shape index (κ2) is 4.04. The molecule has 0 aromatic heterocycles. The number of isocyanates is 1. The van der Waals surface area contributed by atoms with Crippen LogP contribution < -0.4 is 4.74 Å². The van der Waals surface area contributed by atoms with Crippen LogP contribution >= 0.6 is 15.9 Å². The van der Waals surface area contributed by atoms with Crippen molar-refractivity contribution in [2.75, 3.05) is 7.11 Å². The summed E-state index contributed by atoms with van der Waals surface area (Å²) in [7, 11) is 1.64. The number of aliphatic imine (C=N–C) groups is 1. The highest BCUT2D eigenvalue weighted by molar-refractivity contribution is 9.10. The molecule has 84 valence electrons. The molecule has 0 atom stereocenters. The molecule has 16 heavy (non-hydrogen) atoms. The maximum atomic E-state index is 10.4. The highest BCUT2D eigenvalue weighted by Gasteiger charge is 2.45. The molecule has 4 heteroatoms. The van der Waals surface area contributed by atoms with Gasteiger partial charge in [-0.05, 0) is 37.5 Å². The molecular formula is C12H12BrNO2. The van der Waals surface area contributed by atoms with Gasteiger partial charge in [-0.3, -0.25) is 0 Å². The molecule has 1 aliphatic carbocycles. The maximum Gasteiger partial charge on any atom is 0.235 e. The first-order valence-electron chi connectivity index (χ1n) is 5.06. The van der Waals surface area contributed by atoms with Crippen LogP contribution in [0.3, 0.4) is 0 Å². The normalized spacial score (nSPS) is 16.4. The van der Waals surface area contributed by atoms with Gasteiger partial charge in [-0.15, -0.1) is 0 Å². The molecule has 0 unspecified atom stereocenters. The highest BCUT2D eigenvalue weighted by Crippen LogP contribution is 2.50. The van der Waals surface area contributed by atoms with E-state index in [0.717, 1.165) is 34.2 Å². The second-order valence-electron chi connectivity index (χ2n) is 4.02. The smallest absolute Gasteiger partial charge is 0.235 e. The van der Waals surface area contributed by atoms with Gasteiger partial charge in [0.05, 0.1) is 12.6 Å². The van der Waals surface area contributed by atoms with Crippen molar-refractivity contribution in [3.63, 3.8) is 0 Å². The van der Waals surface area contributed by atoms with Gasteiger partial charge in [-0.2, -0.15) is 4.99 Å². The third-order valence-corrected chi connectivity index (χ3v) is 3.86. The summed E-state index contributed by atoms with van der Waals surface area (Å²) in [5.74, 6) is 0.816. The molecule has 1 aromatic rings. The van der Waals surface area contributed by atoms with E-state index in [-0.39, 0.29) is 5.54 Å². The zero-order chi connectivity index (χ0) is 11.8. The van der Waals surface area contributed by atoms with Crippen molar-refractivity contribution in [3.05, 3.63) is 27.7 Å². The Labute approximate surface area is 103 Å². The van der Waals surface area contributed by atoms with E-state index in [1.54, 1.807) is 13.2 Å². The van der Waals surface area contributed by atoms with Gasteiger partial charge in [-0.1, -0.05) is 15.9 Å². The first-order valence-corrected chi connectivity index (χ1v) is 5.86. The summed E-state index contributed by atoms with van der Waals surface area (Å²) in [5, 5.41) is 0. The predicted molar refractivity (Wildman–Crippen MR) is 64.5 cm³/mol. The molecule has 1 aromatic carbocycles. The standard InChI is InChI=1S/C12H12BrNO2/c1-8-10(13)5-9(6-11(8)16-2)12(3-4-12)14-7-15/h5-6H,3-4H2,1-2H3. The van der Waals surface area contributed by atoms with E-state index < -0.39 is 0 Å². The zero-order valence-corrected chi connectivity index (χ0v) is 10.8. The molecule has 2 rings (SSSR count). The minimum atomic E-state index is -0.342. The van der Waals surface area contributed by atoms with E-state index in [1.165, 1.54) is 0 Å². The van der Waals surface area contributed by atoms with Crippen molar-refractivity contribution in [1.29, 1.82) is 0 Å². The Hall–Kier alpha value is -1.12.